The Labute approximate surface area is 121 Å². The maximum atomic E-state index is 11.4. The minimum Gasteiger partial charge on any atom is -0.456 e. The zero-order valence-corrected chi connectivity index (χ0v) is 12.0. The average molecular weight is 289 g/mol. The van der Waals surface area contributed by atoms with Gasteiger partial charge in [-0.2, -0.15) is 0 Å². The molecule has 0 bridgehead atoms. The molecule has 0 fully saturated rings. The number of carbonyl (C=O) groups is 1. The Morgan fingerprint density at radius 1 is 1.30 bits per heavy atom. The lowest BCUT2D eigenvalue weighted by atomic mass is 10.3. The number of anilines is 1. The van der Waals surface area contributed by atoms with Crippen molar-refractivity contribution in [3.05, 3.63) is 42.2 Å². The van der Waals surface area contributed by atoms with Crippen LogP contribution in [-0.2, 0) is 0 Å². The smallest absolute Gasteiger partial charge is 0.269 e. The van der Waals surface area contributed by atoms with E-state index in [2.05, 4.69) is 10.3 Å². The third-order valence-electron chi connectivity index (χ3n) is 2.64. The first-order chi connectivity index (χ1) is 9.63. The maximum absolute atomic E-state index is 11.4. The molecule has 0 atom stereocenters. The first-order valence-corrected chi connectivity index (χ1v) is 7.16. The molecule has 1 heterocycles. The van der Waals surface area contributed by atoms with Crippen LogP contribution in [0, 0.1) is 0 Å². The Balaban J connectivity index is 2.16. The number of nitrogens with one attached hydrogen (secondary N) is 1. The molecule has 3 N–H and O–H groups in total. The summed E-state index contributed by atoms with van der Waals surface area (Å²) >= 11 is 1.56. The van der Waals surface area contributed by atoms with Gasteiger partial charge in [0, 0.05) is 17.6 Å². The predicted octanol–water partition coefficient (Wildman–Crippen LogP) is 2.54. The van der Waals surface area contributed by atoms with Gasteiger partial charge in [-0.1, -0.05) is 0 Å². The van der Waals surface area contributed by atoms with Crippen LogP contribution >= 0.6 is 11.8 Å². The van der Waals surface area contributed by atoms with Crippen LogP contribution in [-0.4, -0.2) is 24.2 Å². The summed E-state index contributed by atoms with van der Waals surface area (Å²) < 4.78 is 5.68. The highest BCUT2D eigenvalue weighted by molar-refractivity contribution is 7.98. The second-order valence-electron chi connectivity index (χ2n) is 3.96. The summed E-state index contributed by atoms with van der Waals surface area (Å²) in [4.78, 5) is 16.4. The van der Waals surface area contributed by atoms with E-state index in [-0.39, 0.29) is 5.91 Å². The highest BCUT2D eigenvalue weighted by Gasteiger charge is 2.06. The van der Waals surface area contributed by atoms with Crippen molar-refractivity contribution < 1.29 is 9.53 Å². The van der Waals surface area contributed by atoms with Crippen molar-refractivity contribution in [3.63, 3.8) is 0 Å². The Morgan fingerprint density at radius 2 is 2.05 bits per heavy atom. The van der Waals surface area contributed by atoms with Crippen LogP contribution in [0.3, 0.4) is 0 Å². The quantitative estimate of drug-likeness (QED) is 0.668. The van der Waals surface area contributed by atoms with Gasteiger partial charge < -0.3 is 15.8 Å². The van der Waals surface area contributed by atoms with E-state index in [1.807, 2.05) is 12.3 Å². The summed E-state index contributed by atoms with van der Waals surface area (Å²) in [5.41, 5.74) is 6.90. The summed E-state index contributed by atoms with van der Waals surface area (Å²) in [6, 6.07) is 8.77. The number of benzene rings is 1. The van der Waals surface area contributed by atoms with E-state index < -0.39 is 0 Å². The Hall–Kier alpha value is -2.21. The molecule has 0 aliphatic rings. The number of nitrogens with zero attached hydrogens (tertiary/aromatic N) is 1. The SMILES string of the molecule is CNC(=O)c1ccc(Oc2ccc(N)c(SC)c2)cn1. The predicted molar refractivity (Wildman–Crippen MR) is 80.3 cm³/mol. The standard InChI is InChI=1S/C14H15N3O2S/c1-16-14(18)12-6-4-10(8-17-12)19-9-3-5-11(15)13(7-9)20-2/h3-8H,15H2,1-2H3,(H,16,18). The molecule has 0 unspecified atom stereocenters. The number of amides is 1. The van der Waals surface area contributed by atoms with Crippen molar-refractivity contribution in [1.82, 2.24) is 10.3 Å². The Kier molecular flexibility index (Phi) is 4.47. The molecule has 0 saturated heterocycles. The topological polar surface area (TPSA) is 77.2 Å². The molecule has 5 nitrogen and oxygen atoms in total. The van der Waals surface area contributed by atoms with Gasteiger partial charge in [0.05, 0.1) is 6.20 Å². The second kappa shape index (κ2) is 6.29. The summed E-state index contributed by atoms with van der Waals surface area (Å²) in [7, 11) is 1.56. The number of carbonyl (C=O) groups excluding carboxylic acids is 1. The normalized spacial score (nSPS) is 10.1. The summed E-state index contributed by atoms with van der Waals surface area (Å²) in [5, 5.41) is 2.51. The van der Waals surface area contributed by atoms with Crippen LogP contribution in [0.1, 0.15) is 10.5 Å². The van der Waals surface area contributed by atoms with Gasteiger partial charge >= 0.3 is 0 Å². The lowest BCUT2D eigenvalue weighted by Gasteiger charge is -2.08. The molecule has 0 aliphatic carbocycles. The van der Waals surface area contributed by atoms with Crippen LogP contribution in [0.15, 0.2) is 41.4 Å². The van der Waals surface area contributed by atoms with Gasteiger partial charge in [0.1, 0.15) is 17.2 Å². The first-order valence-electron chi connectivity index (χ1n) is 5.93. The minimum atomic E-state index is -0.228. The van der Waals surface area contributed by atoms with E-state index >= 15 is 0 Å². The molecule has 104 valence electrons. The number of nitrogens with two attached hydrogens (primary N) is 1. The molecule has 0 spiro atoms. The zero-order chi connectivity index (χ0) is 14.5. The van der Waals surface area contributed by atoms with E-state index in [4.69, 9.17) is 10.5 Å². The fourth-order valence-electron chi connectivity index (χ4n) is 1.59. The molecular weight excluding hydrogens is 274 g/mol. The lowest BCUT2D eigenvalue weighted by molar-refractivity contribution is 0.0958. The van der Waals surface area contributed by atoms with Crippen LogP contribution in [0.2, 0.25) is 0 Å². The van der Waals surface area contributed by atoms with Crippen LogP contribution < -0.4 is 15.8 Å². The maximum Gasteiger partial charge on any atom is 0.269 e. The van der Waals surface area contributed by atoms with Crippen LogP contribution in [0.5, 0.6) is 11.5 Å². The first kappa shape index (κ1) is 14.2. The molecule has 1 aromatic heterocycles. The second-order valence-corrected chi connectivity index (χ2v) is 4.81. The fraction of sp³-hybridized carbons (Fsp3) is 0.143. The molecule has 6 heteroatoms. The monoisotopic (exact) mass is 289 g/mol. The number of hydrogen-bond acceptors (Lipinski definition) is 5. The van der Waals surface area contributed by atoms with Crippen LogP contribution in [0.25, 0.3) is 0 Å². The molecular formula is C14H15N3O2S. The van der Waals surface area contributed by atoms with E-state index in [1.54, 1.807) is 43.1 Å². The van der Waals surface area contributed by atoms with Crippen molar-refractivity contribution in [1.29, 1.82) is 0 Å². The van der Waals surface area contributed by atoms with Gasteiger partial charge in [0.15, 0.2) is 0 Å². The number of rotatable bonds is 4. The minimum absolute atomic E-state index is 0.228. The molecule has 1 aromatic carbocycles. The van der Waals surface area contributed by atoms with Crippen molar-refractivity contribution in [2.24, 2.45) is 0 Å². The third-order valence-corrected chi connectivity index (χ3v) is 3.43. The molecule has 20 heavy (non-hydrogen) atoms. The molecule has 2 aromatic rings. The fourth-order valence-corrected chi connectivity index (χ4v) is 2.13. The number of pyridine rings is 1. The largest absolute Gasteiger partial charge is 0.456 e. The number of hydrogen-bond donors (Lipinski definition) is 2. The summed E-state index contributed by atoms with van der Waals surface area (Å²) in [6.07, 6.45) is 3.47. The van der Waals surface area contributed by atoms with Crippen molar-refractivity contribution in [2.75, 3.05) is 19.0 Å². The Bertz CT molecular complexity index is 614. The highest BCUT2D eigenvalue weighted by atomic mass is 32.2. The van der Waals surface area contributed by atoms with E-state index in [9.17, 15) is 4.79 Å². The van der Waals surface area contributed by atoms with Crippen molar-refractivity contribution in [2.45, 2.75) is 4.90 Å². The average Bonchev–Trinajstić information content (AvgIpc) is 2.49. The highest BCUT2D eigenvalue weighted by Crippen LogP contribution is 2.29. The van der Waals surface area contributed by atoms with Gasteiger partial charge in [-0.25, -0.2) is 4.98 Å². The van der Waals surface area contributed by atoms with Crippen molar-refractivity contribution in [3.8, 4) is 11.5 Å². The molecule has 2 rings (SSSR count). The third kappa shape index (κ3) is 3.21. The number of nitrogen functional groups attached to an aromatic ring is 1. The lowest BCUT2D eigenvalue weighted by Crippen LogP contribution is -2.18. The number of aromatic nitrogens is 1. The van der Waals surface area contributed by atoms with E-state index in [0.717, 1.165) is 10.6 Å². The van der Waals surface area contributed by atoms with E-state index in [1.165, 1.54) is 6.20 Å². The molecule has 0 aliphatic heterocycles. The van der Waals surface area contributed by atoms with Gasteiger partial charge in [0.2, 0.25) is 0 Å². The Morgan fingerprint density at radius 3 is 2.65 bits per heavy atom. The van der Waals surface area contributed by atoms with Crippen molar-refractivity contribution >= 4 is 23.4 Å². The summed E-state index contributed by atoms with van der Waals surface area (Å²) in [6.45, 7) is 0. The van der Waals surface area contributed by atoms with Crippen LogP contribution in [0.4, 0.5) is 5.69 Å². The van der Waals surface area contributed by atoms with E-state index in [0.29, 0.717) is 17.2 Å². The number of thioether (sulfide) groups is 1. The van der Waals surface area contributed by atoms with Gasteiger partial charge in [0.25, 0.3) is 5.91 Å². The molecule has 0 saturated carbocycles. The van der Waals surface area contributed by atoms with Gasteiger partial charge in [-0.15, -0.1) is 11.8 Å². The molecule has 0 radical (unpaired) electrons. The molecule has 1 amide bonds. The summed E-state index contributed by atoms with van der Waals surface area (Å²) in [5.74, 6) is 1.02. The van der Waals surface area contributed by atoms with Gasteiger partial charge in [-0.3, -0.25) is 4.79 Å². The van der Waals surface area contributed by atoms with Gasteiger partial charge in [-0.05, 0) is 36.6 Å². The zero-order valence-electron chi connectivity index (χ0n) is 11.2. The number of ether oxygens (including phenoxy) is 1.